The zero-order valence-corrected chi connectivity index (χ0v) is 16.5. The molecule has 4 nitrogen and oxygen atoms in total. The lowest BCUT2D eigenvalue weighted by Gasteiger charge is -2.14. The molecule has 0 saturated carbocycles. The standard InChI is InChI=1S/C21H25BrN2O2/c22-19-4-3-5-20(14-19)26-13-10-21(25)23-15-17-6-8-18(9-7-17)16-24-11-1-2-12-24/h3-9,14H,1-2,10-13,15-16H2,(H,23,25). The Morgan fingerprint density at radius 1 is 1.08 bits per heavy atom. The highest BCUT2D eigenvalue weighted by Gasteiger charge is 2.11. The molecule has 0 atom stereocenters. The second-order valence-corrected chi connectivity index (χ2v) is 7.55. The minimum absolute atomic E-state index is 0.00106. The quantitative estimate of drug-likeness (QED) is 0.703. The third-order valence-corrected chi connectivity index (χ3v) is 5.00. The van der Waals surface area contributed by atoms with Gasteiger partial charge in [-0.15, -0.1) is 0 Å². The molecule has 1 amide bonds. The summed E-state index contributed by atoms with van der Waals surface area (Å²) in [5.41, 5.74) is 2.46. The van der Waals surface area contributed by atoms with Gasteiger partial charge in [0.1, 0.15) is 5.75 Å². The van der Waals surface area contributed by atoms with E-state index >= 15 is 0 Å². The Kier molecular flexibility index (Phi) is 7.09. The molecule has 0 bridgehead atoms. The molecule has 138 valence electrons. The van der Waals surface area contributed by atoms with Gasteiger partial charge in [0.05, 0.1) is 13.0 Å². The van der Waals surface area contributed by atoms with Gasteiger partial charge < -0.3 is 10.1 Å². The maximum atomic E-state index is 12.0. The van der Waals surface area contributed by atoms with Gasteiger partial charge in [0.25, 0.3) is 0 Å². The Bertz CT molecular complexity index is 712. The van der Waals surface area contributed by atoms with E-state index in [4.69, 9.17) is 4.74 Å². The van der Waals surface area contributed by atoms with Gasteiger partial charge >= 0.3 is 0 Å². The monoisotopic (exact) mass is 416 g/mol. The summed E-state index contributed by atoms with van der Waals surface area (Å²) < 4.78 is 6.56. The minimum atomic E-state index is 0.00106. The summed E-state index contributed by atoms with van der Waals surface area (Å²) >= 11 is 3.40. The Morgan fingerprint density at radius 3 is 2.54 bits per heavy atom. The molecule has 0 radical (unpaired) electrons. The molecule has 5 heteroatoms. The predicted molar refractivity (Wildman–Crippen MR) is 107 cm³/mol. The van der Waals surface area contributed by atoms with Crippen LogP contribution in [0, 0.1) is 0 Å². The van der Waals surface area contributed by atoms with Crippen LogP contribution < -0.4 is 10.1 Å². The number of amides is 1. The van der Waals surface area contributed by atoms with Gasteiger partial charge in [0.15, 0.2) is 0 Å². The minimum Gasteiger partial charge on any atom is -0.493 e. The number of hydrogen-bond acceptors (Lipinski definition) is 3. The lowest BCUT2D eigenvalue weighted by atomic mass is 10.1. The second-order valence-electron chi connectivity index (χ2n) is 6.63. The summed E-state index contributed by atoms with van der Waals surface area (Å²) in [6.07, 6.45) is 2.98. The normalized spacial score (nSPS) is 14.3. The fraction of sp³-hybridized carbons (Fsp3) is 0.381. The lowest BCUT2D eigenvalue weighted by Crippen LogP contribution is -2.24. The first kappa shape index (κ1) is 18.9. The Balaban J connectivity index is 1.35. The maximum absolute atomic E-state index is 12.0. The number of likely N-dealkylation sites (tertiary alicyclic amines) is 1. The van der Waals surface area contributed by atoms with Crippen LogP contribution in [0.3, 0.4) is 0 Å². The van der Waals surface area contributed by atoms with Gasteiger partial charge in [-0.05, 0) is 55.3 Å². The van der Waals surface area contributed by atoms with Crippen molar-refractivity contribution in [1.29, 1.82) is 0 Å². The molecule has 0 aliphatic carbocycles. The van der Waals surface area contributed by atoms with E-state index in [9.17, 15) is 4.79 Å². The zero-order valence-electron chi connectivity index (χ0n) is 14.9. The van der Waals surface area contributed by atoms with Gasteiger partial charge in [0.2, 0.25) is 5.91 Å². The van der Waals surface area contributed by atoms with Crippen LogP contribution in [0.15, 0.2) is 53.0 Å². The molecule has 1 N–H and O–H groups in total. The average Bonchev–Trinajstić information content (AvgIpc) is 3.14. The molecule has 2 aromatic rings. The predicted octanol–water partition coefficient (Wildman–Crippen LogP) is 4.13. The number of hydrogen-bond donors (Lipinski definition) is 1. The Morgan fingerprint density at radius 2 is 1.81 bits per heavy atom. The highest BCUT2D eigenvalue weighted by molar-refractivity contribution is 9.10. The van der Waals surface area contributed by atoms with Crippen LogP contribution in [0.5, 0.6) is 5.75 Å². The molecule has 0 unspecified atom stereocenters. The highest BCUT2D eigenvalue weighted by Crippen LogP contribution is 2.17. The van der Waals surface area contributed by atoms with E-state index in [1.54, 1.807) is 0 Å². The molecule has 1 aliphatic heterocycles. The number of nitrogens with one attached hydrogen (secondary N) is 1. The average molecular weight is 417 g/mol. The summed E-state index contributed by atoms with van der Waals surface area (Å²) in [7, 11) is 0. The molecule has 1 fully saturated rings. The van der Waals surface area contributed by atoms with Crippen molar-refractivity contribution in [3.8, 4) is 5.75 Å². The van der Waals surface area contributed by atoms with Gasteiger partial charge in [-0.25, -0.2) is 0 Å². The van der Waals surface area contributed by atoms with Crippen molar-refractivity contribution in [3.63, 3.8) is 0 Å². The molecule has 1 saturated heterocycles. The number of ether oxygens (including phenoxy) is 1. The first-order valence-electron chi connectivity index (χ1n) is 9.14. The molecule has 0 aromatic heterocycles. The van der Waals surface area contributed by atoms with Crippen molar-refractivity contribution in [1.82, 2.24) is 10.2 Å². The van der Waals surface area contributed by atoms with Crippen molar-refractivity contribution < 1.29 is 9.53 Å². The molecule has 26 heavy (non-hydrogen) atoms. The molecular weight excluding hydrogens is 392 g/mol. The largest absolute Gasteiger partial charge is 0.493 e. The summed E-state index contributed by atoms with van der Waals surface area (Å²) in [5, 5.41) is 2.95. The topological polar surface area (TPSA) is 41.6 Å². The fourth-order valence-corrected chi connectivity index (χ4v) is 3.45. The van der Waals surface area contributed by atoms with E-state index in [0.29, 0.717) is 19.6 Å². The summed E-state index contributed by atoms with van der Waals surface area (Å²) in [6.45, 7) is 4.37. The van der Waals surface area contributed by atoms with Crippen molar-refractivity contribution in [2.45, 2.75) is 32.4 Å². The third-order valence-electron chi connectivity index (χ3n) is 4.51. The van der Waals surface area contributed by atoms with Crippen LogP contribution in [-0.2, 0) is 17.9 Å². The number of carbonyl (C=O) groups excluding carboxylic acids is 1. The number of rotatable bonds is 8. The van der Waals surface area contributed by atoms with Gasteiger partial charge in [0, 0.05) is 17.6 Å². The summed E-state index contributed by atoms with van der Waals surface area (Å²) in [5.74, 6) is 0.766. The van der Waals surface area contributed by atoms with E-state index in [-0.39, 0.29) is 5.91 Å². The summed E-state index contributed by atoms with van der Waals surface area (Å²) in [4.78, 5) is 14.5. The Hall–Kier alpha value is -1.85. The van der Waals surface area contributed by atoms with Gasteiger partial charge in [-0.2, -0.15) is 0 Å². The molecule has 2 aromatic carbocycles. The molecule has 3 rings (SSSR count). The van der Waals surface area contributed by atoms with Crippen molar-refractivity contribution >= 4 is 21.8 Å². The SMILES string of the molecule is O=C(CCOc1cccc(Br)c1)NCc1ccc(CN2CCCC2)cc1. The summed E-state index contributed by atoms with van der Waals surface area (Å²) in [6, 6.07) is 16.1. The Labute approximate surface area is 163 Å². The van der Waals surface area contributed by atoms with Crippen molar-refractivity contribution in [2.24, 2.45) is 0 Å². The number of carbonyl (C=O) groups is 1. The first-order chi connectivity index (χ1) is 12.7. The molecular formula is C21H25BrN2O2. The van der Waals surface area contributed by atoms with Crippen molar-refractivity contribution in [3.05, 3.63) is 64.1 Å². The van der Waals surface area contributed by atoms with Crippen molar-refractivity contribution in [2.75, 3.05) is 19.7 Å². The van der Waals surface area contributed by atoms with E-state index in [1.165, 1.54) is 31.5 Å². The van der Waals surface area contributed by atoms with Gasteiger partial charge in [-0.3, -0.25) is 9.69 Å². The number of nitrogens with zero attached hydrogens (tertiary/aromatic N) is 1. The van der Waals surface area contributed by atoms with E-state index in [1.807, 2.05) is 24.3 Å². The van der Waals surface area contributed by atoms with Crippen LogP contribution in [0.2, 0.25) is 0 Å². The first-order valence-corrected chi connectivity index (χ1v) is 9.93. The number of halogens is 1. The van der Waals surface area contributed by atoms with Crippen LogP contribution in [0.1, 0.15) is 30.4 Å². The molecule has 1 aliphatic rings. The maximum Gasteiger partial charge on any atom is 0.223 e. The molecule has 1 heterocycles. The van der Waals surface area contributed by atoms with Crippen LogP contribution in [0.25, 0.3) is 0 Å². The third kappa shape index (κ3) is 6.15. The van der Waals surface area contributed by atoms with Crippen LogP contribution in [0.4, 0.5) is 0 Å². The van der Waals surface area contributed by atoms with E-state index in [0.717, 1.165) is 22.3 Å². The van der Waals surface area contributed by atoms with E-state index in [2.05, 4.69) is 50.4 Å². The van der Waals surface area contributed by atoms with Gasteiger partial charge in [-0.1, -0.05) is 46.3 Å². The second kappa shape index (κ2) is 9.74. The van der Waals surface area contributed by atoms with Crippen LogP contribution in [-0.4, -0.2) is 30.5 Å². The fourth-order valence-electron chi connectivity index (χ4n) is 3.07. The zero-order chi connectivity index (χ0) is 18.2. The highest BCUT2D eigenvalue weighted by atomic mass is 79.9. The number of benzene rings is 2. The van der Waals surface area contributed by atoms with Crippen LogP contribution >= 0.6 is 15.9 Å². The lowest BCUT2D eigenvalue weighted by molar-refractivity contribution is -0.121. The van der Waals surface area contributed by atoms with E-state index < -0.39 is 0 Å². The molecule has 0 spiro atoms. The smallest absolute Gasteiger partial charge is 0.223 e.